The van der Waals surface area contributed by atoms with E-state index in [1.807, 2.05) is 41.8 Å². The van der Waals surface area contributed by atoms with Crippen LogP contribution in [0.5, 0.6) is 5.75 Å². The molecular weight excluding hydrogens is 320 g/mol. The lowest BCUT2D eigenvalue weighted by molar-refractivity contribution is 0.416. The Morgan fingerprint density at radius 1 is 1.04 bits per heavy atom. The summed E-state index contributed by atoms with van der Waals surface area (Å²) in [4.78, 5) is 14.2. The molecule has 2 N–H and O–H groups in total. The van der Waals surface area contributed by atoms with Gasteiger partial charge in [-0.2, -0.15) is 0 Å². The predicted molar refractivity (Wildman–Crippen MR) is 97.0 cm³/mol. The first kappa shape index (κ1) is 14.6. The normalized spacial score (nSPS) is 10.9. The monoisotopic (exact) mass is 334 g/mol. The SMILES string of the molecule is COc1ccccc1-c1cc(-c2cccs2)c2c(N)ncnc2n1. The molecule has 3 aromatic heterocycles. The number of pyridine rings is 1. The highest BCUT2D eigenvalue weighted by molar-refractivity contribution is 7.13. The molecule has 0 atom stereocenters. The number of hydrogen-bond donors (Lipinski definition) is 1. The van der Waals surface area contributed by atoms with Gasteiger partial charge in [-0.05, 0) is 29.6 Å². The fourth-order valence-corrected chi connectivity index (χ4v) is 3.46. The van der Waals surface area contributed by atoms with Crippen LogP contribution in [0.4, 0.5) is 5.82 Å². The number of fused-ring (bicyclic) bond motifs is 1. The summed E-state index contributed by atoms with van der Waals surface area (Å²) in [6.07, 6.45) is 1.44. The lowest BCUT2D eigenvalue weighted by Crippen LogP contribution is -1.98. The van der Waals surface area contributed by atoms with Crippen molar-refractivity contribution in [3.05, 3.63) is 54.2 Å². The van der Waals surface area contributed by atoms with Crippen LogP contribution in [-0.2, 0) is 0 Å². The molecule has 0 aliphatic carbocycles. The van der Waals surface area contributed by atoms with E-state index in [0.717, 1.165) is 32.8 Å². The van der Waals surface area contributed by atoms with E-state index in [-0.39, 0.29) is 0 Å². The Kier molecular flexibility index (Phi) is 3.59. The molecule has 0 saturated heterocycles. The van der Waals surface area contributed by atoms with Gasteiger partial charge in [0.05, 0.1) is 18.2 Å². The van der Waals surface area contributed by atoms with Crippen LogP contribution in [0.2, 0.25) is 0 Å². The van der Waals surface area contributed by atoms with E-state index in [9.17, 15) is 0 Å². The fraction of sp³-hybridized carbons (Fsp3) is 0.0556. The second kappa shape index (κ2) is 5.90. The van der Waals surface area contributed by atoms with Crippen molar-refractivity contribution in [2.45, 2.75) is 0 Å². The zero-order chi connectivity index (χ0) is 16.5. The third-order valence-electron chi connectivity index (χ3n) is 3.80. The van der Waals surface area contributed by atoms with Gasteiger partial charge >= 0.3 is 0 Å². The van der Waals surface area contributed by atoms with Gasteiger partial charge in [0.25, 0.3) is 0 Å². The van der Waals surface area contributed by atoms with E-state index in [0.29, 0.717) is 11.5 Å². The Labute approximate surface area is 142 Å². The van der Waals surface area contributed by atoms with E-state index in [1.54, 1.807) is 18.4 Å². The van der Waals surface area contributed by atoms with Crippen molar-refractivity contribution in [1.82, 2.24) is 15.0 Å². The third kappa shape index (κ3) is 2.37. The molecule has 0 amide bonds. The number of nitrogens with zero attached hydrogens (tertiary/aromatic N) is 3. The third-order valence-corrected chi connectivity index (χ3v) is 4.71. The number of aromatic nitrogens is 3. The number of hydrogen-bond acceptors (Lipinski definition) is 6. The Bertz CT molecular complexity index is 1010. The van der Waals surface area contributed by atoms with Crippen LogP contribution >= 0.6 is 11.3 Å². The van der Waals surface area contributed by atoms with Crippen molar-refractivity contribution in [3.63, 3.8) is 0 Å². The number of benzene rings is 1. The molecule has 24 heavy (non-hydrogen) atoms. The maximum Gasteiger partial charge on any atom is 0.165 e. The molecule has 1 aromatic carbocycles. The van der Waals surface area contributed by atoms with Gasteiger partial charge in [0.15, 0.2) is 5.65 Å². The van der Waals surface area contributed by atoms with Crippen LogP contribution in [0.3, 0.4) is 0 Å². The van der Waals surface area contributed by atoms with E-state index < -0.39 is 0 Å². The number of methoxy groups -OCH3 is 1. The van der Waals surface area contributed by atoms with Gasteiger partial charge in [0.2, 0.25) is 0 Å². The fourth-order valence-electron chi connectivity index (χ4n) is 2.71. The molecule has 5 nitrogen and oxygen atoms in total. The lowest BCUT2D eigenvalue weighted by Gasteiger charge is -2.11. The van der Waals surface area contributed by atoms with Gasteiger partial charge in [-0.15, -0.1) is 11.3 Å². The Hall–Kier alpha value is -2.99. The van der Waals surface area contributed by atoms with Crippen molar-refractivity contribution >= 4 is 28.2 Å². The minimum Gasteiger partial charge on any atom is -0.496 e. The van der Waals surface area contributed by atoms with Crippen LogP contribution in [0.1, 0.15) is 0 Å². The highest BCUT2D eigenvalue weighted by Crippen LogP contribution is 2.37. The molecule has 0 fully saturated rings. The molecule has 4 rings (SSSR count). The Morgan fingerprint density at radius 2 is 1.92 bits per heavy atom. The average molecular weight is 334 g/mol. The van der Waals surface area contributed by atoms with Crippen LogP contribution in [-0.4, -0.2) is 22.1 Å². The van der Waals surface area contributed by atoms with Gasteiger partial charge in [0.1, 0.15) is 17.9 Å². The number of nitrogens with two attached hydrogens (primary N) is 1. The summed E-state index contributed by atoms with van der Waals surface area (Å²) >= 11 is 1.64. The summed E-state index contributed by atoms with van der Waals surface area (Å²) in [5.41, 5.74) is 9.36. The number of ether oxygens (including phenoxy) is 1. The summed E-state index contributed by atoms with van der Waals surface area (Å²) in [6, 6.07) is 13.9. The molecule has 3 heterocycles. The molecule has 0 bridgehead atoms. The Balaban J connectivity index is 2.06. The second-order valence-corrected chi connectivity index (χ2v) is 6.14. The molecule has 0 saturated carbocycles. The highest BCUT2D eigenvalue weighted by atomic mass is 32.1. The van der Waals surface area contributed by atoms with Crippen molar-refractivity contribution in [3.8, 4) is 27.4 Å². The summed E-state index contributed by atoms with van der Waals surface area (Å²) in [7, 11) is 1.65. The molecule has 0 aliphatic heterocycles. The number of nitrogen functional groups attached to an aromatic ring is 1. The summed E-state index contributed by atoms with van der Waals surface area (Å²) < 4.78 is 5.47. The Morgan fingerprint density at radius 3 is 2.71 bits per heavy atom. The van der Waals surface area contributed by atoms with Gasteiger partial charge in [-0.25, -0.2) is 15.0 Å². The summed E-state index contributed by atoms with van der Waals surface area (Å²) in [6.45, 7) is 0. The second-order valence-electron chi connectivity index (χ2n) is 5.19. The zero-order valence-electron chi connectivity index (χ0n) is 12.9. The van der Waals surface area contributed by atoms with E-state index in [2.05, 4.69) is 21.0 Å². The number of thiophene rings is 1. The first-order valence-electron chi connectivity index (χ1n) is 7.36. The molecule has 6 heteroatoms. The largest absolute Gasteiger partial charge is 0.496 e. The van der Waals surface area contributed by atoms with Crippen LogP contribution < -0.4 is 10.5 Å². The minimum atomic E-state index is 0.433. The topological polar surface area (TPSA) is 73.9 Å². The smallest absolute Gasteiger partial charge is 0.165 e. The van der Waals surface area contributed by atoms with Crippen molar-refractivity contribution in [2.75, 3.05) is 12.8 Å². The van der Waals surface area contributed by atoms with Gasteiger partial charge in [-0.3, -0.25) is 0 Å². The lowest BCUT2D eigenvalue weighted by atomic mass is 10.0. The molecule has 0 radical (unpaired) electrons. The van der Waals surface area contributed by atoms with Crippen LogP contribution in [0.25, 0.3) is 32.7 Å². The van der Waals surface area contributed by atoms with E-state index >= 15 is 0 Å². The first-order chi connectivity index (χ1) is 11.8. The molecule has 0 aliphatic rings. The first-order valence-corrected chi connectivity index (χ1v) is 8.24. The molecule has 0 unspecified atom stereocenters. The van der Waals surface area contributed by atoms with Gasteiger partial charge in [0, 0.05) is 16.0 Å². The summed E-state index contributed by atoms with van der Waals surface area (Å²) in [5, 5.41) is 2.81. The molecular formula is C18H14N4OS. The van der Waals surface area contributed by atoms with Gasteiger partial charge in [-0.1, -0.05) is 18.2 Å². The predicted octanol–water partition coefficient (Wildman–Crippen LogP) is 4.01. The number of para-hydroxylation sites is 1. The number of rotatable bonds is 3. The summed E-state index contributed by atoms with van der Waals surface area (Å²) in [5.74, 6) is 1.20. The maximum absolute atomic E-state index is 6.10. The standard InChI is InChI=1S/C18H14N4OS/c1-23-14-6-3-2-5-11(14)13-9-12(15-7-4-8-24-15)16-17(19)20-10-21-18(16)22-13/h2-10H,1H3,(H2,19,20,21,22). The van der Waals surface area contributed by atoms with Gasteiger partial charge < -0.3 is 10.5 Å². The molecule has 4 aromatic rings. The van der Waals surface area contributed by atoms with Crippen molar-refractivity contribution < 1.29 is 4.74 Å². The average Bonchev–Trinajstić information content (AvgIpc) is 3.15. The van der Waals surface area contributed by atoms with Crippen molar-refractivity contribution in [1.29, 1.82) is 0 Å². The van der Waals surface area contributed by atoms with Crippen LogP contribution in [0, 0.1) is 0 Å². The molecule has 0 spiro atoms. The van der Waals surface area contributed by atoms with Crippen molar-refractivity contribution in [2.24, 2.45) is 0 Å². The zero-order valence-corrected chi connectivity index (χ0v) is 13.7. The van der Waals surface area contributed by atoms with E-state index in [1.165, 1.54) is 6.33 Å². The van der Waals surface area contributed by atoms with E-state index in [4.69, 9.17) is 10.5 Å². The highest BCUT2D eigenvalue weighted by Gasteiger charge is 2.15. The maximum atomic E-state index is 6.10. The van der Waals surface area contributed by atoms with Crippen LogP contribution in [0.15, 0.2) is 54.2 Å². The molecule has 118 valence electrons. The number of anilines is 1. The quantitative estimate of drug-likeness (QED) is 0.613. The minimum absolute atomic E-state index is 0.433.